The molecule has 0 radical (unpaired) electrons. The summed E-state index contributed by atoms with van der Waals surface area (Å²) in [4.78, 5) is 10.2. The molecular weight excluding hydrogens is 220 g/mol. The molecule has 1 nitrogen and oxygen atoms in total. The number of hydrogen-bond acceptors (Lipinski definition) is 1. The van der Waals surface area contributed by atoms with Crippen LogP contribution in [0.4, 0.5) is 0 Å². The van der Waals surface area contributed by atoms with Crippen molar-refractivity contribution >= 4 is 6.29 Å². The molecule has 0 unspecified atom stereocenters. The van der Waals surface area contributed by atoms with Crippen molar-refractivity contribution in [1.82, 2.24) is 0 Å². The highest BCUT2D eigenvalue weighted by molar-refractivity contribution is 5.65. The standard InChI is InChI=1S/C17H22O/c1-14(8-5-6-13-18)10-11-16-15(2)9-7-12-17(16,3)4/h5-11,13H,12H2,1-4H3. The van der Waals surface area contributed by atoms with Crippen molar-refractivity contribution in [2.75, 3.05) is 0 Å². The van der Waals surface area contributed by atoms with Crippen LogP contribution in [0, 0.1) is 5.41 Å². The van der Waals surface area contributed by atoms with Crippen LogP contribution in [0.15, 0.2) is 59.3 Å². The van der Waals surface area contributed by atoms with Gasteiger partial charge in [-0.1, -0.05) is 55.9 Å². The number of aldehydes is 1. The Labute approximate surface area is 110 Å². The second-order valence-electron chi connectivity index (χ2n) is 5.35. The molecule has 0 heterocycles. The summed E-state index contributed by atoms with van der Waals surface area (Å²) in [5.74, 6) is 0. The molecule has 1 aliphatic rings. The van der Waals surface area contributed by atoms with Gasteiger partial charge in [-0.15, -0.1) is 0 Å². The van der Waals surface area contributed by atoms with Gasteiger partial charge in [0.25, 0.3) is 0 Å². The highest BCUT2D eigenvalue weighted by Crippen LogP contribution is 2.37. The van der Waals surface area contributed by atoms with Gasteiger partial charge in [0.05, 0.1) is 0 Å². The van der Waals surface area contributed by atoms with Crippen molar-refractivity contribution < 1.29 is 4.79 Å². The van der Waals surface area contributed by atoms with Crippen LogP contribution in [0.5, 0.6) is 0 Å². The summed E-state index contributed by atoms with van der Waals surface area (Å²) in [6, 6.07) is 0. The average Bonchev–Trinajstić information content (AvgIpc) is 2.28. The average molecular weight is 242 g/mol. The highest BCUT2D eigenvalue weighted by Gasteiger charge is 2.23. The van der Waals surface area contributed by atoms with Gasteiger partial charge >= 0.3 is 0 Å². The van der Waals surface area contributed by atoms with E-state index in [0.717, 1.165) is 18.3 Å². The monoisotopic (exact) mass is 242 g/mol. The molecule has 0 spiro atoms. The SMILES string of the molecule is CC(C=CC1=C(C)C=CCC1(C)C)=CC=CC=O. The van der Waals surface area contributed by atoms with E-state index in [0.29, 0.717) is 0 Å². The minimum Gasteiger partial charge on any atom is -0.299 e. The third-order valence-electron chi connectivity index (χ3n) is 3.21. The van der Waals surface area contributed by atoms with Gasteiger partial charge in [0.2, 0.25) is 0 Å². The predicted molar refractivity (Wildman–Crippen MR) is 78.3 cm³/mol. The lowest BCUT2D eigenvalue weighted by molar-refractivity contribution is -0.104. The number of rotatable bonds is 4. The maximum absolute atomic E-state index is 10.2. The molecule has 0 aromatic carbocycles. The van der Waals surface area contributed by atoms with E-state index in [1.165, 1.54) is 17.2 Å². The maximum atomic E-state index is 10.2. The molecule has 0 aromatic rings. The van der Waals surface area contributed by atoms with Crippen molar-refractivity contribution in [2.24, 2.45) is 5.41 Å². The molecule has 0 bridgehead atoms. The maximum Gasteiger partial charge on any atom is 0.142 e. The topological polar surface area (TPSA) is 17.1 Å². The molecule has 0 amide bonds. The van der Waals surface area contributed by atoms with E-state index in [2.05, 4.69) is 45.1 Å². The van der Waals surface area contributed by atoms with Crippen LogP contribution in [0.3, 0.4) is 0 Å². The summed E-state index contributed by atoms with van der Waals surface area (Å²) < 4.78 is 0. The predicted octanol–water partition coefficient (Wildman–Crippen LogP) is 4.55. The third kappa shape index (κ3) is 3.99. The molecule has 0 saturated carbocycles. The lowest BCUT2D eigenvalue weighted by atomic mass is 9.75. The smallest absolute Gasteiger partial charge is 0.142 e. The van der Waals surface area contributed by atoms with Crippen LogP contribution >= 0.6 is 0 Å². The Hall–Kier alpha value is -1.63. The normalized spacial score (nSPS) is 20.1. The minimum atomic E-state index is 0.203. The first-order chi connectivity index (χ1) is 8.47. The van der Waals surface area contributed by atoms with Gasteiger partial charge in [-0.25, -0.2) is 0 Å². The molecule has 0 fully saturated rings. The van der Waals surface area contributed by atoms with E-state index >= 15 is 0 Å². The van der Waals surface area contributed by atoms with Gasteiger partial charge in [-0.3, -0.25) is 4.79 Å². The fourth-order valence-electron chi connectivity index (χ4n) is 2.14. The summed E-state index contributed by atoms with van der Waals surface area (Å²) in [5, 5.41) is 0. The van der Waals surface area contributed by atoms with Gasteiger partial charge in [0, 0.05) is 0 Å². The highest BCUT2D eigenvalue weighted by atomic mass is 16.1. The summed E-state index contributed by atoms with van der Waals surface area (Å²) in [6.45, 7) is 8.73. The lowest BCUT2D eigenvalue weighted by Crippen LogP contribution is -2.16. The van der Waals surface area contributed by atoms with Crippen molar-refractivity contribution in [3.05, 3.63) is 59.3 Å². The molecule has 1 heteroatoms. The molecule has 0 atom stereocenters. The van der Waals surface area contributed by atoms with E-state index in [4.69, 9.17) is 0 Å². The minimum absolute atomic E-state index is 0.203. The van der Waals surface area contributed by atoms with Gasteiger partial charge in [-0.05, 0) is 42.9 Å². The van der Waals surface area contributed by atoms with Crippen LogP contribution in [0.25, 0.3) is 0 Å². The first-order valence-electron chi connectivity index (χ1n) is 6.32. The van der Waals surface area contributed by atoms with Crippen molar-refractivity contribution in [2.45, 2.75) is 34.1 Å². The molecule has 18 heavy (non-hydrogen) atoms. The van der Waals surface area contributed by atoms with E-state index in [1.807, 2.05) is 13.0 Å². The van der Waals surface area contributed by atoms with E-state index < -0.39 is 0 Å². The summed E-state index contributed by atoms with van der Waals surface area (Å²) >= 11 is 0. The fraction of sp³-hybridized carbons (Fsp3) is 0.353. The van der Waals surface area contributed by atoms with Crippen LogP contribution in [0.2, 0.25) is 0 Å². The van der Waals surface area contributed by atoms with Gasteiger partial charge in [0.15, 0.2) is 0 Å². The Balaban J connectivity index is 2.89. The Morgan fingerprint density at radius 1 is 1.33 bits per heavy atom. The summed E-state index contributed by atoms with van der Waals surface area (Å²) in [6.07, 6.45) is 15.8. The second kappa shape index (κ2) is 6.34. The van der Waals surface area contributed by atoms with Crippen LogP contribution in [0.1, 0.15) is 34.1 Å². The van der Waals surface area contributed by atoms with Crippen LogP contribution in [-0.4, -0.2) is 6.29 Å². The van der Waals surface area contributed by atoms with Gasteiger partial charge < -0.3 is 0 Å². The van der Waals surface area contributed by atoms with Crippen molar-refractivity contribution in [3.63, 3.8) is 0 Å². The van der Waals surface area contributed by atoms with Crippen LogP contribution in [-0.2, 0) is 4.79 Å². The first-order valence-corrected chi connectivity index (χ1v) is 6.32. The number of carbonyl (C=O) groups excluding carboxylic acids is 1. The zero-order valence-electron chi connectivity index (χ0n) is 11.7. The molecule has 0 N–H and O–H groups in total. The van der Waals surface area contributed by atoms with Gasteiger partial charge in [-0.2, -0.15) is 0 Å². The number of carbonyl (C=O) groups is 1. The third-order valence-corrected chi connectivity index (χ3v) is 3.21. The molecule has 0 aliphatic heterocycles. The number of allylic oxidation sites excluding steroid dienone is 10. The molecule has 1 aliphatic carbocycles. The zero-order valence-corrected chi connectivity index (χ0v) is 11.7. The van der Waals surface area contributed by atoms with E-state index in [-0.39, 0.29) is 5.41 Å². The molecular formula is C17H22O. The van der Waals surface area contributed by atoms with Gasteiger partial charge in [0.1, 0.15) is 6.29 Å². The molecule has 1 rings (SSSR count). The van der Waals surface area contributed by atoms with Crippen molar-refractivity contribution in [1.29, 1.82) is 0 Å². The largest absolute Gasteiger partial charge is 0.299 e. The summed E-state index contributed by atoms with van der Waals surface area (Å²) in [5.41, 5.74) is 4.06. The van der Waals surface area contributed by atoms with E-state index in [9.17, 15) is 4.79 Å². The summed E-state index contributed by atoms with van der Waals surface area (Å²) in [7, 11) is 0. The second-order valence-corrected chi connectivity index (χ2v) is 5.35. The Bertz CT molecular complexity index is 454. The van der Waals surface area contributed by atoms with E-state index in [1.54, 1.807) is 6.08 Å². The number of hydrogen-bond donors (Lipinski definition) is 0. The Morgan fingerprint density at radius 2 is 2.06 bits per heavy atom. The zero-order chi connectivity index (χ0) is 13.6. The first kappa shape index (κ1) is 14.4. The molecule has 0 aromatic heterocycles. The van der Waals surface area contributed by atoms with Crippen LogP contribution < -0.4 is 0 Å². The Morgan fingerprint density at radius 3 is 2.67 bits per heavy atom. The molecule has 96 valence electrons. The lowest BCUT2D eigenvalue weighted by Gasteiger charge is -2.29. The molecule has 0 saturated heterocycles. The Kier molecular flexibility index (Phi) is 5.08. The fourth-order valence-corrected chi connectivity index (χ4v) is 2.14. The quantitative estimate of drug-likeness (QED) is 0.401. The van der Waals surface area contributed by atoms with Crippen molar-refractivity contribution in [3.8, 4) is 0 Å².